The molecule has 1 atom stereocenters. The SMILES string of the molecule is Cc1c(C(=O)N2CCC[C@@H](C(=O)O)C2)cccc1[N+](=O)[O-]. The van der Waals surface area contributed by atoms with Gasteiger partial charge in [-0.1, -0.05) is 6.07 Å². The Hall–Kier alpha value is -2.44. The van der Waals surface area contributed by atoms with Crippen LogP contribution in [0, 0.1) is 23.0 Å². The van der Waals surface area contributed by atoms with E-state index in [0.717, 1.165) is 0 Å². The fraction of sp³-hybridized carbons (Fsp3) is 0.429. The van der Waals surface area contributed by atoms with Gasteiger partial charge in [-0.25, -0.2) is 0 Å². The van der Waals surface area contributed by atoms with Crippen molar-refractivity contribution in [3.05, 3.63) is 39.4 Å². The summed E-state index contributed by atoms with van der Waals surface area (Å²) >= 11 is 0. The molecule has 1 heterocycles. The molecule has 0 aromatic heterocycles. The normalized spacial score (nSPS) is 18.3. The lowest BCUT2D eigenvalue weighted by Crippen LogP contribution is -2.42. The number of nitro benzene ring substituents is 1. The number of rotatable bonds is 3. The third kappa shape index (κ3) is 3.01. The molecule has 7 nitrogen and oxygen atoms in total. The predicted molar refractivity (Wildman–Crippen MR) is 74.1 cm³/mol. The van der Waals surface area contributed by atoms with Crippen molar-refractivity contribution in [1.29, 1.82) is 0 Å². The molecule has 1 amide bonds. The third-order valence-corrected chi connectivity index (χ3v) is 3.79. The topological polar surface area (TPSA) is 101 Å². The van der Waals surface area contributed by atoms with E-state index >= 15 is 0 Å². The smallest absolute Gasteiger partial charge is 0.308 e. The number of likely N-dealkylation sites (tertiary alicyclic amines) is 1. The molecule has 0 bridgehead atoms. The molecule has 0 unspecified atom stereocenters. The highest BCUT2D eigenvalue weighted by atomic mass is 16.6. The molecule has 0 aliphatic carbocycles. The van der Waals surface area contributed by atoms with Gasteiger partial charge in [-0.3, -0.25) is 19.7 Å². The first-order valence-electron chi connectivity index (χ1n) is 6.68. The summed E-state index contributed by atoms with van der Waals surface area (Å²) in [7, 11) is 0. The zero-order chi connectivity index (χ0) is 15.6. The number of aliphatic carboxylic acids is 1. The quantitative estimate of drug-likeness (QED) is 0.676. The maximum Gasteiger partial charge on any atom is 0.308 e. The summed E-state index contributed by atoms with van der Waals surface area (Å²) in [5, 5.41) is 20.0. The Labute approximate surface area is 121 Å². The Bertz CT molecular complexity index is 599. The molecule has 2 rings (SSSR count). The average Bonchev–Trinajstić information content (AvgIpc) is 2.46. The number of carboxylic acid groups (broad SMARTS) is 1. The Morgan fingerprint density at radius 1 is 1.43 bits per heavy atom. The van der Waals surface area contributed by atoms with Gasteiger partial charge >= 0.3 is 5.97 Å². The Balaban J connectivity index is 2.26. The fourth-order valence-corrected chi connectivity index (χ4v) is 2.59. The number of benzene rings is 1. The van der Waals surface area contributed by atoms with Crippen LogP contribution in [0.3, 0.4) is 0 Å². The van der Waals surface area contributed by atoms with E-state index < -0.39 is 16.8 Å². The lowest BCUT2D eigenvalue weighted by molar-refractivity contribution is -0.385. The van der Waals surface area contributed by atoms with E-state index in [1.165, 1.54) is 30.0 Å². The first kappa shape index (κ1) is 15.0. The summed E-state index contributed by atoms with van der Waals surface area (Å²) < 4.78 is 0. The van der Waals surface area contributed by atoms with Crippen molar-refractivity contribution < 1.29 is 19.6 Å². The number of carbonyl (C=O) groups is 2. The van der Waals surface area contributed by atoms with Crippen LogP contribution >= 0.6 is 0 Å². The van der Waals surface area contributed by atoms with E-state index in [-0.39, 0.29) is 23.7 Å². The van der Waals surface area contributed by atoms with Crippen LogP contribution in [-0.2, 0) is 4.79 Å². The number of amides is 1. The highest BCUT2D eigenvalue weighted by Crippen LogP contribution is 2.24. The van der Waals surface area contributed by atoms with Gasteiger partial charge in [-0.15, -0.1) is 0 Å². The van der Waals surface area contributed by atoms with Crippen molar-refractivity contribution in [3.63, 3.8) is 0 Å². The van der Waals surface area contributed by atoms with Crippen LogP contribution in [0.2, 0.25) is 0 Å². The Kier molecular flexibility index (Phi) is 4.21. The number of hydrogen-bond acceptors (Lipinski definition) is 4. The summed E-state index contributed by atoms with van der Waals surface area (Å²) in [5.74, 6) is -1.83. The van der Waals surface area contributed by atoms with Gasteiger partial charge in [0.05, 0.1) is 10.8 Å². The van der Waals surface area contributed by atoms with Crippen LogP contribution in [0.1, 0.15) is 28.8 Å². The minimum atomic E-state index is -0.914. The number of carboxylic acids is 1. The number of carbonyl (C=O) groups excluding carboxylic acids is 1. The molecular weight excluding hydrogens is 276 g/mol. The second kappa shape index (κ2) is 5.90. The monoisotopic (exact) mass is 292 g/mol. The van der Waals surface area contributed by atoms with Crippen molar-refractivity contribution in [2.45, 2.75) is 19.8 Å². The highest BCUT2D eigenvalue weighted by Gasteiger charge is 2.30. The molecule has 112 valence electrons. The molecule has 1 aromatic carbocycles. The van der Waals surface area contributed by atoms with Crippen LogP contribution in [0.5, 0.6) is 0 Å². The summed E-state index contributed by atoms with van der Waals surface area (Å²) in [6.45, 7) is 2.16. The summed E-state index contributed by atoms with van der Waals surface area (Å²) in [5.41, 5.74) is 0.466. The molecule has 7 heteroatoms. The lowest BCUT2D eigenvalue weighted by atomic mass is 9.97. The van der Waals surface area contributed by atoms with Crippen LogP contribution < -0.4 is 0 Å². The predicted octanol–water partition coefficient (Wildman–Crippen LogP) is 1.84. The second-order valence-corrected chi connectivity index (χ2v) is 5.14. The van der Waals surface area contributed by atoms with Crippen molar-refractivity contribution in [2.75, 3.05) is 13.1 Å². The summed E-state index contributed by atoms with van der Waals surface area (Å²) in [6.07, 6.45) is 1.17. The number of nitrogens with zero attached hydrogens (tertiary/aromatic N) is 2. The van der Waals surface area contributed by atoms with Crippen molar-refractivity contribution in [1.82, 2.24) is 4.90 Å². The zero-order valence-corrected chi connectivity index (χ0v) is 11.6. The van der Waals surface area contributed by atoms with Crippen molar-refractivity contribution >= 4 is 17.6 Å². The molecule has 0 saturated carbocycles. The van der Waals surface area contributed by atoms with Gasteiger partial charge in [0.1, 0.15) is 0 Å². The molecule has 1 saturated heterocycles. The summed E-state index contributed by atoms with van der Waals surface area (Å²) in [4.78, 5) is 35.4. The van der Waals surface area contributed by atoms with Crippen LogP contribution in [-0.4, -0.2) is 39.9 Å². The summed E-state index contributed by atoms with van der Waals surface area (Å²) in [6, 6.07) is 4.36. The van der Waals surface area contributed by atoms with E-state index in [9.17, 15) is 19.7 Å². The van der Waals surface area contributed by atoms with Crippen molar-refractivity contribution in [2.24, 2.45) is 5.92 Å². The minimum absolute atomic E-state index is 0.104. The van der Waals surface area contributed by atoms with Crippen LogP contribution in [0.4, 0.5) is 5.69 Å². The molecule has 1 fully saturated rings. The molecule has 0 radical (unpaired) electrons. The Morgan fingerprint density at radius 2 is 2.14 bits per heavy atom. The van der Waals surface area contributed by atoms with E-state index in [0.29, 0.717) is 24.9 Å². The molecule has 1 N–H and O–H groups in total. The van der Waals surface area contributed by atoms with Crippen LogP contribution in [0.15, 0.2) is 18.2 Å². The number of nitro groups is 1. The zero-order valence-electron chi connectivity index (χ0n) is 11.6. The molecule has 1 aromatic rings. The average molecular weight is 292 g/mol. The van der Waals surface area contributed by atoms with Crippen LogP contribution in [0.25, 0.3) is 0 Å². The number of hydrogen-bond donors (Lipinski definition) is 1. The largest absolute Gasteiger partial charge is 0.481 e. The maximum absolute atomic E-state index is 12.5. The van der Waals surface area contributed by atoms with E-state index in [4.69, 9.17) is 5.11 Å². The van der Waals surface area contributed by atoms with E-state index in [1.807, 2.05) is 0 Å². The van der Waals surface area contributed by atoms with Gasteiger partial charge in [0, 0.05) is 30.3 Å². The van der Waals surface area contributed by atoms with E-state index in [2.05, 4.69) is 0 Å². The molecule has 1 aliphatic heterocycles. The fourth-order valence-electron chi connectivity index (χ4n) is 2.59. The molecule has 0 spiro atoms. The number of piperidine rings is 1. The maximum atomic E-state index is 12.5. The molecular formula is C14H16N2O5. The third-order valence-electron chi connectivity index (χ3n) is 3.79. The second-order valence-electron chi connectivity index (χ2n) is 5.14. The van der Waals surface area contributed by atoms with Gasteiger partial charge in [-0.2, -0.15) is 0 Å². The van der Waals surface area contributed by atoms with Crippen molar-refractivity contribution in [3.8, 4) is 0 Å². The van der Waals surface area contributed by atoms with E-state index in [1.54, 1.807) is 0 Å². The molecule has 21 heavy (non-hydrogen) atoms. The van der Waals surface area contributed by atoms with Gasteiger partial charge in [0.25, 0.3) is 11.6 Å². The minimum Gasteiger partial charge on any atom is -0.481 e. The highest BCUT2D eigenvalue weighted by molar-refractivity contribution is 5.97. The van der Waals surface area contributed by atoms with Gasteiger partial charge in [0.2, 0.25) is 0 Å². The first-order valence-corrected chi connectivity index (χ1v) is 6.68. The first-order chi connectivity index (χ1) is 9.91. The van der Waals surface area contributed by atoms with Gasteiger partial charge < -0.3 is 10.0 Å². The molecule has 1 aliphatic rings. The van der Waals surface area contributed by atoms with Gasteiger partial charge in [0.15, 0.2) is 0 Å². The Morgan fingerprint density at radius 3 is 2.76 bits per heavy atom. The lowest BCUT2D eigenvalue weighted by Gasteiger charge is -2.31. The van der Waals surface area contributed by atoms with Gasteiger partial charge in [-0.05, 0) is 25.8 Å². The standard InChI is InChI=1S/C14H16N2O5/c1-9-11(5-2-6-12(9)16(20)21)13(17)15-7-3-4-10(8-15)14(18)19/h2,5-6,10H,3-4,7-8H2,1H3,(H,18,19)/t10-/m1/s1.